The van der Waals surface area contributed by atoms with Crippen molar-refractivity contribution in [3.8, 4) is 0 Å². The molecule has 5 nitrogen and oxygen atoms in total. The molecule has 1 aliphatic rings. The molecule has 2 N–H and O–H groups in total. The lowest BCUT2D eigenvalue weighted by Crippen LogP contribution is -2.32. The van der Waals surface area contributed by atoms with Gasteiger partial charge in [-0.3, -0.25) is 9.79 Å². The molecule has 0 unspecified atom stereocenters. The molecule has 1 rings (SSSR count). The first-order valence-corrected chi connectivity index (χ1v) is 8.58. The molecule has 0 spiro atoms. The minimum absolute atomic E-state index is 0.339. The van der Waals surface area contributed by atoms with Crippen LogP contribution in [0.1, 0.15) is 40.5 Å². The Bertz CT molecular complexity index is 722. The number of hydrogen-bond donors (Lipinski definition) is 1. The van der Waals surface area contributed by atoms with Crippen molar-refractivity contribution in [2.24, 2.45) is 10.7 Å². The van der Waals surface area contributed by atoms with Crippen LogP contribution in [0.5, 0.6) is 0 Å². The third kappa shape index (κ3) is 6.24. The van der Waals surface area contributed by atoms with Crippen molar-refractivity contribution >= 4 is 11.7 Å². The number of esters is 1. The SMILES string of the molecule is C=C/C(=C\C)CC1=NC(C)=CN(/C(OC(C)=O)=C(\N)C/C(C=C)=C/C)C1. The minimum atomic E-state index is -0.418. The van der Waals surface area contributed by atoms with Gasteiger partial charge >= 0.3 is 5.97 Å². The van der Waals surface area contributed by atoms with Crippen LogP contribution in [0.3, 0.4) is 0 Å². The highest BCUT2D eigenvalue weighted by Gasteiger charge is 2.21. The van der Waals surface area contributed by atoms with Crippen LogP contribution in [0.15, 0.2) is 77.1 Å². The van der Waals surface area contributed by atoms with Gasteiger partial charge in [-0.2, -0.15) is 0 Å². The molecule has 26 heavy (non-hydrogen) atoms. The molecular formula is C21H29N3O2. The van der Waals surface area contributed by atoms with Crippen LogP contribution in [0.2, 0.25) is 0 Å². The van der Waals surface area contributed by atoms with Crippen LogP contribution in [0.4, 0.5) is 0 Å². The zero-order valence-corrected chi connectivity index (χ0v) is 16.2. The fourth-order valence-electron chi connectivity index (χ4n) is 2.57. The van der Waals surface area contributed by atoms with E-state index in [-0.39, 0.29) is 0 Å². The summed E-state index contributed by atoms with van der Waals surface area (Å²) in [7, 11) is 0. The molecular weight excluding hydrogens is 326 g/mol. The second kappa shape index (κ2) is 10.2. The Morgan fingerprint density at radius 1 is 1.31 bits per heavy atom. The molecule has 0 atom stereocenters. The van der Waals surface area contributed by atoms with E-state index in [0.717, 1.165) is 22.6 Å². The van der Waals surface area contributed by atoms with Crippen molar-refractivity contribution < 1.29 is 9.53 Å². The van der Waals surface area contributed by atoms with E-state index in [4.69, 9.17) is 10.5 Å². The summed E-state index contributed by atoms with van der Waals surface area (Å²) in [5.74, 6) is -0.0787. The zero-order valence-electron chi connectivity index (χ0n) is 16.2. The number of allylic oxidation sites excluding steroid dienone is 7. The lowest BCUT2D eigenvalue weighted by atomic mass is 10.1. The van der Waals surface area contributed by atoms with Crippen LogP contribution in [0.25, 0.3) is 0 Å². The summed E-state index contributed by atoms with van der Waals surface area (Å²) in [6.45, 7) is 15.2. The fourth-order valence-corrected chi connectivity index (χ4v) is 2.57. The van der Waals surface area contributed by atoms with Gasteiger partial charge in [-0.1, -0.05) is 37.5 Å². The zero-order chi connectivity index (χ0) is 19.7. The Morgan fingerprint density at radius 3 is 2.42 bits per heavy atom. The molecule has 0 aliphatic carbocycles. The lowest BCUT2D eigenvalue weighted by Gasteiger charge is -2.28. The fraction of sp³-hybridized carbons (Fsp3) is 0.333. The Balaban J connectivity index is 3.19. The van der Waals surface area contributed by atoms with Crippen molar-refractivity contribution in [3.63, 3.8) is 0 Å². The normalized spacial score (nSPS) is 16.4. The van der Waals surface area contributed by atoms with Gasteiger partial charge < -0.3 is 15.4 Å². The highest BCUT2D eigenvalue weighted by atomic mass is 16.5. The number of ether oxygens (including phenoxy) is 1. The van der Waals surface area contributed by atoms with E-state index in [1.54, 1.807) is 6.08 Å². The van der Waals surface area contributed by atoms with Gasteiger partial charge in [-0.05, 0) is 31.9 Å². The minimum Gasteiger partial charge on any atom is -0.408 e. The maximum atomic E-state index is 11.6. The van der Waals surface area contributed by atoms with E-state index in [9.17, 15) is 4.79 Å². The molecule has 0 bridgehead atoms. The molecule has 0 aromatic heterocycles. The molecule has 0 amide bonds. The third-order valence-corrected chi connectivity index (χ3v) is 3.87. The molecule has 1 aliphatic heterocycles. The predicted octanol–water partition coefficient (Wildman–Crippen LogP) is 4.34. The third-order valence-electron chi connectivity index (χ3n) is 3.87. The van der Waals surface area contributed by atoms with Crippen molar-refractivity contribution in [2.45, 2.75) is 40.5 Å². The van der Waals surface area contributed by atoms with Crippen molar-refractivity contribution in [2.75, 3.05) is 6.54 Å². The van der Waals surface area contributed by atoms with Gasteiger partial charge in [0.2, 0.25) is 5.88 Å². The van der Waals surface area contributed by atoms with Crippen LogP contribution in [0, 0.1) is 0 Å². The Kier molecular flexibility index (Phi) is 8.35. The number of nitrogens with two attached hydrogens (primary N) is 1. The largest absolute Gasteiger partial charge is 0.408 e. The summed E-state index contributed by atoms with van der Waals surface area (Å²) in [5, 5.41) is 0. The van der Waals surface area contributed by atoms with E-state index in [2.05, 4.69) is 18.2 Å². The number of carbonyl (C=O) groups is 1. The molecule has 0 saturated heterocycles. The summed E-state index contributed by atoms with van der Waals surface area (Å²) in [4.78, 5) is 18.0. The molecule has 0 fully saturated rings. The van der Waals surface area contributed by atoms with E-state index in [1.165, 1.54) is 6.92 Å². The Morgan fingerprint density at radius 2 is 1.92 bits per heavy atom. The molecule has 0 radical (unpaired) electrons. The van der Waals surface area contributed by atoms with Gasteiger partial charge in [0.15, 0.2) is 0 Å². The second-order valence-electron chi connectivity index (χ2n) is 5.99. The summed E-state index contributed by atoms with van der Waals surface area (Å²) in [5.41, 5.74) is 10.6. The van der Waals surface area contributed by atoms with Crippen LogP contribution in [-0.4, -0.2) is 23.1 Å². The predicted molar refractivity (Wildman–Crippen MR) is 108 cm³/mol. The first-order chi connectivity index (χ1) is 12.3. The number of aliphatic imine (C=N–C) groups is 1. The number of rotatable bonds is 8. The lowest BCUT2D eigenvalue weighted by molar-refractivity contribution is -0.138. The Hall–Kier alpha value is -2.82. The van der Waals surface area contributed by atoms with E-state index < -0.39 is 5.97 Å². The highest BCUT2D eigenvalue weighted by molar-refractivity contribution is 5.90. The average Bonchev–Trinajstić information content (AvgIpc) is 2.61. The van der Waals surface area contributed by atoms with Crippen LogP contribution < -0.4 is 5.73 Å². The molecule has 5 heteroatoms. The summed E-state index contributed by atoms with van der Waals surface area (Å²) >= 11 is 0. The first-order valence-electron chi connectivity index (χ1n) is 8.58. The van der Waals surface area contributed by atoms with Crippen molar-refractivity contribution in [1.29, 1.82) is 0 Å². The van der Waals surface area contributed by atoms with Crippen LogP contribution >= 0.6 is 0 Å². The van der Waals surface area contributed by atoms with E-state index >= 15 is 0 Å². The van der Waals surface area contributed by atoms with Gasteiger partial charge in [0, 0.05) is 31.7 Å². The average molecular weight is 355 g/mol. The molecule has 0 aromatic rings. The number of nitrogens with zero attached hydrogens (tertiary/aromatic N) is 2. The van der Waals surface area contributed by atoms with Crippen molar-refractivity contribution in [1.82, 2.24) is 4.90 Å². The summed E-state index contributed by atoms with van der Waals surface area (Å²) in [6, 6.07) is 0. The number of hydrogen-bond acceptors (Lipinski definition) is 5. The van der Waals surface area contributed by atoms with Gasteiger partial charge in [0.05, 0.1) is 17.9 Å². The Labute approximate surface area is 156 Å². The molecule has 0 saturated carbocycles. The standard InChI is InChI=1S/C21H29N3O2/c1-7-17(8-2)11-19-14-24(13-15(5)23-19)21(26-16(6)25)20(22)12-18(9-3)10-4/h7-10,13H,1,3,11-12,14,22H2,2,4-6H3/b17-8+,18-10+,21-20+. The second-order valence-corrected chi connectivity index (χ2v) is 5.99. The molecule has 0 aromatic carbocycles. The van der Waals surface area contributed by atoms with Crippen molar-refractivity contribution in [3.05, 3.63) is 72.1 Å². The van der Waals surface area contributed by atoms with Gasteiger partial charge in [-0.25, -0.2) is 0 Å². The molecule has 140 valence electrons. The van der Waals surface area contributed by atoms with Gasteiger partial charge in [-0.15, -0.1) is 0 Å². The topological polar surface area (TPSA) is 67.9 Å². The van der Waals surface area contributed by atoms with E-state index in [0.29, 0.717) is 31.0 Å². The summed E-state index contributed by atoms with van der Waals surface area (Å²) < 4.78 is 5.44. The number of carbonyl (C=O) groups excluding carboxylic acids is 1. The highest BCUT2D eigenvalue weighted by Crippen LogP contribution is 2.22. The van der Waals surface area contributed by atoms with Crippen LogP contribution in [-0.2, 0) is 9.53 Å². The molecule has 1 heterocycles. The monoisotopic (exact) mass is 355 g/mol. The van der Waals surface area contributed by atoms with Gasteiger partial charge in [0.25, 0.3) is 0 Å². The maximum absolute atomic E-state index is 11.6. The van der Waals surface area contributed by atoms with E-state index in [1.807, 2.05) is 50.1 Å². The quantitative estimate of drug-likeness (QED) is 0.399. The maximum Gasteiger partial charge on any atom is 0.309 e. The summed E-state index contributed by atoms with van der Waals surface area (Å²) in [6.07, 6.45) is 10.5. The smallest absolute Gasteiger partial charge is 0.309 e. The first kappa shape index (κ1) is 21.2. The van der Waals surface area contributed by atoms with Gasteiger partial charge in [0.1, 0.15) is 0 Å².